The average Bonchev–Trinajstić information content (AvgIpc) is 3.43. The number of anilines is 2. The van der Waals surface area contributed by atoms with Crippen molar-refractivity contribution in [2.75, 3.05) is 30.8 Å². The second-order valence-corrected chi connectivity index (χ2v) is 10.7. The summed E-state index contributed by atoms with van der Waals surface area (Å²) in [5.74, 6) is -0.803. The topological polar surface area (TPSA) is 88.2 Å². The Labute approximate surface area is 218 Å². The van der Waals surface area contributed by atoms with Gasteiger partial charge < -0.3 is 15.2 Å². The number of aryl methyl sites for hydroxylation is 1. The standard InChI is InChI=1S/C26H32F3N9/c1-14(2)38-15(3)31-21-6-5-19(32-24(21)38)17-7-10-37-22(17)23(30-4)34-25(35-37)33-20-8-9-36(13-18(20)27)16-11-26(28,29)12-16/h5-7,10,14,16,18,20H,8-9,11-13H2,1-4H3,(H2,30,33,34,35)/t18-,20+/m1/s1. The zero-order valence-electron chi connectivity index (χ0n) is 21.9. The summed E-state index contributed by atoms with van der Waals surface area (Å²) in [7, 11) is 1.78. The molecule has 1 aliphatic heterocycles. The average molecular weight is 528 g/mol. The van der Waals surface area contributed by atoms with Crippen LogP contribution in [0, 0.1) is 6.92 Å². The van der Waals surface area contributed by atoms with Crippen LogP contribution in [0.3, 0.4) is 0 Å². The largest absolute Gasteiger partial charge is 0.371 e. The second kappa shape index (κ2) is 9.11. The Bertz CT molecular complexity index is 1490. The van der Waals surface area contributed by atoms with Crippen LogP contribution in [0.15, 0.2) is 24.4 Å². The Morgan fingerprint density at radius 1 is 1.11 bits per heavy atom. The van der Waals surface area contributed by atoms with Crippen LogP contribution in [0.2, 0.25) is 0 Å². The van der Waals surface area contributed by atoms with Gasteiger partial charge in [0.15, 0.2) is 11.5 Å². The molecule has 0 aromatic carbocycles. The molecule has 0 spiro atoms. The number of hydrogen-bond donors (Lipinski definition) is 2. The molecule has 1 aliphatic carbocycles. The van der Waals surface area contributed by atoms with Crippen molar-refractivity contribution >= 4 is 28.4 Å². The highest BCUT2D eigenvalue weighted by Crippen LogP contribution is 2.41. The molecule has 0 radical (unpaired) electrons. The molecular weight excluding hydrogens is 495 g/mol. The Hall–Kier alpha value is -3.41. The lowest BCUT2D eigenvalue weighted by Gasteiger charge is -2.46. The molecule has 1 saturated heterocycles. The van der Waals surface area contributed by atoms with Crippen LogP contribution >= 0.6 is 0 Å². The van der Waals surface area contributed by atoms with Crippen molar-refractivity contribution in [1.29, 1.82) is 0 Å². The quantitative estimate of drug-likeness (QED) is 0.376. The molecule has 38 heavy (non-hydrogen) atoms. The third-order valence-corrected chi connectivity index (χ3v) is 7.73. The molecule has 12 heteroatoms. The van der Waals surface area contributed by atoms with Crippen molar-refractivity contribution in [3.63, 3.8) is 0 Å². The summed E-state index contributed by atoms with van der Waals surface area (Å²) in [6.45, 7) is 6.89. The van der Waals surface area contributed by atoms with Gasteiger partial charge in [-0.1, -0.05) is 0 Å². The minimum absolute atomic E-state index is 0.133. The van der Waals surface area contributed by atoms with E-state index >= 15 is 4.39 Å². The maximum absolute atomic E-state index is 15.1. The SMILES string of the molecule is CNc1nc(N[C@H]2CCN(C3CC(F)(F)C3)C[C@H]2F)nn2ccc(-c3ccc4nc(C)n(C(C)C)c4n3)c12. The van der Waals surface area contributed by atoms with Gasteiger partial charge in [0.05, 0.1) is 11.7 Å². The summed E-state index contributed by atoms with van der Waals surface area (Å²) >= 11 is 0. The van der Waals surface area contributed by atoms with Gasteiger partial charge in [-0.05, 0) is 45.4 Å². The number of pyridine rings is 1. The van der Waals surface area contributed by atoms with E-state index in [9.17, 15) is 8.78 Å². The molecule has 4 aromatic rings. The monoisotopic (exact) mass is 527 g/mol. The predicted molar refractivity (Wildman–Crippen MR) is 141 cm³/mol. The molecule has 9 nitrogen and oxygen atoms in total. The number of piperidine rings is 1. The first-order chi connectivity index (χ1) is 18.1. The van der Waals surface area contributed by atoms with Crippen LogP contribution in [0.4, 0.5) is 24.9 Å². The normalized spacial score (nSPS) is 22.3. The van der Waals surface area contributed by atoms with Crippen LogP contribution in [0.1, 0.15) is 45.0 Å². The van der Waals surface area contributed by atoms with Gasteiger partial charge in [-0.2, -0.15) is 4.98 Å². The number of hydrogen-bond acceptors (Lipinski definition) is 7. The lowest BCUT2D eigenvalue weighted by molar-refractivity contribution is -0.131. The van der Waals surface area contributed by atoms with E-state index in [1.165, 1.54) is 0 Å². The zero-order valence-corrected chi connectivity index (χ0v) is 21.9. The minimum atomic E-state index is -2.61. The first kappa shape index (κ1) is 24.9. The van der Waals surface area contributed by atoms with Gasteiger partial charge in [-0.3, -0.25) is 4.90 Å². The summed E-state index contributed by atoms with van der Waals surface area (Å²) in [5, 5.41) is 10.9. The van der Waals surface area contributed by atoms with Crippen molar-refractivity contribution in [2.24, 2.45) is 0 Å². The van der Waals surface area contributed by atoms with Crippen LogP contribution in [-0.2, 0) is 0 Å². The molecule has 1 saturated carbocycles. The molecule has 4 aromatic heterocycles. The zero-order chi connectivity index (χ0) is 26.8. The molecule has 0 amide bonds. The van der Waals surface area contributed by atoms with Crippen LogP contribution < -0.4 is 10.6 Å². The Balaban J connectivity index is 1.26. The number of imidazole rings is 1. The maximum Gasteiger partial charge on any atom is 0.251 e. The fourth-order valence-corrected chi connectivity index (χ4v) is 5.80. The van der Waals surface area contributed by atoms with Gasteiger partial charge in [0.1, 0.15) is 23.0 Å². The molecule has 2 aliphatic rings. The summed E-state index contributed by atoms with van der Waals surface area (Å²) < 4.78 is 45.4. The summed E-state index contributed by atoms with van der Waals surface area (Å²) in [6.07, 6.45) is 0.756. The van der Waals surface area contributed by atoms with E-state index in [1.54, 1.807) is 11.6 Å². The van der Waals surface area contributed by atoms with Crippen LogP contribution in [0.5, 0.6) is 0 Å². The smallest absolute Gasteiger partial charge is 0.251 e. The highest BCUT2D eigenvalue weighted by atomic mass is 19.3. The summed E-state index contributed by atoms with van der Waals surface area (Å²) in [5.41, 5.74) is 4.07. The van der Waals surface area contributed by atoms with Gasteiger partial charge in [-0.15, -0.1) is 5.10 Å². The Kier molecular flexibility index (Phi) is 5.97. The van der Waals surface area contributed by atoms with E-state index < -0.39 is 18.1 Å². The number of nitrogens with one attached hydrogen (secondary N) is 2. The summed E-state index contributed by atoms with van der Waals surface area (Å²) in [6, 6.07) is 5.35. The van der Waals surface area contributed by atoms with E-state index in [2.05, 4.69) is 44.1 Å². The van der Waals surface area contributed by atoms with E-state index in [-0.39, 0.29) is 31.5 Å². The van der Waals surface area contributed by atoms with E-state index in [0.29, 0.717) is 24.7 Å². The van der Waals surface area contributed by atoms with Crippen molar-refractivity contribution < 1.29 is 13.2 Å². The Morgan fingerprint density at radius 3 is 2.58 bits per heavy atom. The van der Waals surface area contributed by atoms with Gasteiger partial charge in [0, 0.05) is 56.8 Å². The molecule has 6 rings (SSSR count). The van der Waals surface area contributed by atoms with E-state index in [1.807, 2.05) is 36.2 Å². The van der Waals surface area contributed by atoms with Crippen molar-refractivity contribution in [2.45, 2.75) is 70.3 Å². The maximum atomic E-state index is 15.1. The number of alkyl halides is 3. The first-order valence-electron chi connectivity index (χ1n) is 13.1. The van der Waals surface area contributed by atoms with Crippen LogP contribution in [-0.4, -0.2) is 78.3 Å². The van der Waals surface area contributed by atoms with Gasteiger partial charge >= 0.3 is 0 Å². The molecule has 2 fully saturated rings. The molecule has 0 unspecified atom stereocenters. The van der Waals surface area contributed by atoms with E-state index in [4.69, 9.17) is 4.98 Å². The van der Waals surface area contributed by atoms with Crippen LogP contribution in [0.25, 0.3) is 27.9 Å². The van der Waals surface area contributed by atoms with Crippen molar-refractivity contribution in [1.82, 2.24) is 34.0 Å². The van der Waals surface area contributed by atoms with Gasteiger partial charge in [0.25, 0.3) is 5.92 Å². The fraction of sp³-hybridized carbons (Fsp3) is 0.538. The minimum Gasteiger partial charge on any atom is -0.371 e. The first-order valence-corrected chi connectivity index (χ1v) is 13.1. The lowest BCUT2D eigenvalue weighted by Crippen LogP contribution is -2.57. The fourth-order valence-electron chi connectivity index (χ4n) is 5.80. The molecule has 5 heterocycles. The number of likely N-dealkylation sites (tertiary alicyclic amines) is 1. The van der Waals surface area contributed by atoms with Crippen molar-refractivity contribution in [3.05, 3.63) is 30.2 Å². The predicted octanol–water partition coefficient (Wildman–Crippen LogP) is 4.69. The highest BCUT2D eigenvalue weighted by Gasteiger charge is 2.49. The molecule has 2 N–H and O–H groups in total. The van der Waals surface area contributed by atoms with E-state index in [0.717, 1.165) is 33.8 Å². The van der Waals surface area contributed by atoms with Crippen molar-refractivity contribution in [3.8, 4) is 11.3 Å². The van der Waals surface area contributed by atoms with Gasteiger partial charge in [0.2, 0.25) is 5.95 Å². The third-order valence-electron chi connectivity index (χ3n) is 7.73. The van der Waals surface area contributed by atoms with Gasteiger partial charge in [-0.25, -0.2) is 27.7 Å². The molecule has 0 bridgehead atoms. The molecule has 2 atom stereocenters. The molecule has 202 valence electrons. The highest BCUT2D eigenvalue weighted by molar-refractivity contribution is 5.89. The lowest BCUT2D eigenvalue weighted by atomic mass is 9.85. The number of fused-ring (bicyclic) bond motifs is 2. The number of aromatic nitrogens is 6. The number of nitrogens with zero attached hydrogens (tertiary/aromatic N) is 7. The third kappa shape index (κ3) is 4.24. The summed E-state index contributed by atoms with van der Waals surface area (Å²) in [4.78, 5) is 16.1. The second-order valence-electron chi connectivity index (χ2n) is 10.7. The molecular formula is C26H32F3N9. The number of rotatable bonds is 6. The number of halogens is 3. The Morgan fingerprint density at radius 2 is 1.89 bits per heavy atom.